The normalized spacial score (nSPS) is 10.7. The maximum atomic E-state index is 5.23. The number of halogens is 1. The molecule has 0 unspecified atom stereocenters. The van der Waals surface area contributed by atoms with Crippen molar-refractivity contribution in [3.8, 4) is 10.8 Å². The van der Waals surface area contributed by atoms with E-state index < -0.39 is 0 Å². The van der Waals surface area contributed by atoms with Gasteiger partial charge < -0.3 is 4.42 Å². The summed E-state index contributed by atoms with van der Waals surface area (Å²) in [6, 6.07) is 0. The van der Waals surface area contributed by atoms with Crippen molar-refractivity contribution in [1.82, 2.24) is 15.2 Å². The molecule has 2 heterocycles. The molecule has 0 saturated carbocycles. The smallest absolute Gasteiger partial charge is 0.285 e. The number of nitrogens with zero attached hydrogens (tertiary/aromatic N) is 3. The van der Waals surface area contributed by atoms with Gasteiger partial charge in [0.15, 0.2) is 0 Å². The standard InChI is InChI=1S/C7H6BrN3OS/c1-3-5(13-4(2)9-3)6-10-11-7(8)12-6/h1-2H3. The highest BCUT2D eigenvalue weighted by atomic mass is 79.9. The molecule has 2 rings (SSSR count). The Bertz CT molecular complexity index is 437. The first-order chi connectivity index (χ1) is 6.16. The van der Waals surface area contributed by atoms with Crippen LogP contribution < -0.4 is 0 Å². The van der Waals surface area contributed by atoms with E-state index in [1.54, 1.807) is 11.3 Å². The van der Waals surface area contributed by atoms with Crippen molar-refractivity contribution < 1.29 is 4.42 Å². The summed E-state index contributed by atoms with van der Waals surface area (Å²) in [7, 11) is 0. The van der Waals surface area contributed by atoms with Crippen LogP contribution in [0.4, 0.5) is 0 Å². The number of hydrogen-bond donors (Lipinski definition) is 0. The number of rotatable bonds is 1. The molecule has 0 amide bonds. The minimum Gasteiger partial charge on any atom is -0.410 e. The Kier molecular flexibility index (Phi) is 2.17. The highest BCUT2D eigenvalue weighted by molar-refractivity contribution is 9.10. The molecule has 13 heavy (non-hydrogen) atoms. The lowest BCUT2D eigenvalue weighted by atomic mass is 10.4. The van der Waals surface area contributed by atoms with Crippen LogP contribution >= 0.6 is 27.3 Å². The molecule has 0 spiro atoms. The summed E-state index contributed by atoms with van der Waals surface area (Å²) < 4.78 is 5.23. The molecule has 0 bridgehead atoms. The van der Waals surface area contributed by atoms with E-state index in [1.807, 2.05) is 13.8 Å². The van der Waals surface area contributed by atoms with Gasteiger partial charge in [-0.2, -0.15) is 0 Å². The zero-order valence-corrected chi connectivity index (χ0v) is 9.44. The highest BCUT2D eigenvalue weighted by Crippen LogP contribution is 2.29. The Balaban J connectivity index is 2.51. The molecule has 6 heteroatoms. The zero-order valence-electron chi connectivity index (χ0n) is 7.04. The predicted octanol–water partition coefficient (Wildman–Crippen LogP) is 2.57. The van der Waals surface area contributed by atoms with Crippen molar-refractivity contribution in [2.75, 3.05) is 0 Å². The Morgan fingerprint density at radius 2 is 2.08 bits per heavy atom. The van der Waals surface area contributed by atoms with Crippen LogP contribution in [0.2, 0.25) is 0 Å². The fourth-order valence-electron chi connectivity index (χ4n) is 1.03. The van der Waals surface area contributed by atoms with E-state index in [0.29, 0.717) is 10.7 Å². The number of thiazole rings is 1. The van der Waals surface area contributed by atoms with Crippen LogP contribution in [0.3, 0.4) is 0 Å². The van der Waals surface area contributed by atoms with Gasteiger partial charge in [0.25, 0.3) is 10.7 Å². The summed E-state index contributed by atoms with van der Waals surface area (Å²) in [6.45, 7) is 3.88. The van der Waals surface area contributed by atoms with Gasteiger partial charge in [-0.25, -0.2) is 4.98 Å². The Morgan fingerprint density at radius 1 is 1.31 bits per heavy atom. The Morgan fingerprint density at radius 3 is 2.54 bits per heavy atom. The molecule has 0 aliphatic rings. The minimum absolute atomic E-state index is 0.396. The van der Waals surface area contributed by atoms with Gasteiger partial charge in [0.05, 0.1) is 10.7 Å². The van der Waals surface area contributed by atoms with Gasteiger partial charge in [-0.3, -0.25) is 0 Å². The fraction of sp³-hybridized carbons (Fsp3) is 0.286. The average molecular weight is 260 g/mol. The van der Waals surface area contributed by atoms with Crippen LogP contribution in [0.15, 0.2) is 9.22 Å². The number of aromatic nitrogens is 3. The molecule has 0 aliphatic heterocycles. The van der Waals surface area contributed by atoms with Gasteiger partial charge in [-0.05, 0) is 13.8 Å². The van der Waals surface area contributed by atoms with Crippen LogP contribution in [0.25, 0.3) is 10.8 Å². The van der Waals surface area contributed by atoms with Crippen molar-refractivity contribution in [3.63, 3.8) is 0 Å². The third kappa shape index (κ3) is 1.64. The molecule has 0 atom stereocenters. The molecule has 2 aromatic heterocycles. The summed E-state index contributed by atoms with van der Waals surface area (Å²) in [5, 5.41) is 8.59. The second kappa shape index (κ2) is 3.19. The first kappa shape index (κ1) is 8.83. The molecule has 0 saturated heterocycles. The Labute approximate surface area is 87.1 Å². The number of hydrogen-bond acceptors (Lipinski definition) is 5. The maximum absolute atomic E-state index is 5.23. The highest BCUT2D eigenvalue weighted by Gasteiger charge is 2.13. The van der Waals surface area contributed by atoms with Crippen molar-refractivity contribution in [2.24, 2.45) is 0 Å². The summed E-state index contributed by atoms with van der Waals surface area (Å²) in [5.41, 5.74) is 0.929. The van der Waals surface area contributed by atoms with Crippen LogP contribution in [0.1, 0.15) is 10.7 Å². The van der Waals surface area contributed by atoms with Gasteiger partial charge in [0.1, 0.15) is 4.88 Å². The van der Waals surface area contributed by atoms with Gasteiger partial charge in [-0.15, -0.1) is 21.5 Å². The third-order valence-electron chi connectivity index (χ3n) is 1.50. The van der Waals surface area contributed by atoms with Crippen molar-refractivity contribution >= 4 is 27.3 Å². The molecule has 0 radical (unpaired) electrons. The monoisotopic (exact) mass is 259 g/mol. The quantitative estimate of drug-likeness (QED) is 0.790. The summed E-state index contributed by atoms with van der Waals surface area (Å²) in [5.74, 6) is 0.523. The molecule has 0 fully saturated rings. The zero-order chi connectivity index (χ0) is 9.42. The van der Waals surface area contributed by atoms with Gasteiger partial charge in [0, 0.05) is 15.9 Å². The van der Waals surface area contributed by atoms with Crippen LogP contribution in [-0.2, 0) is 0 Å². The lowest BCUT2D eigenvalue weighted by Crippen LogP contribution is -1.77. The van der Waals surface area contributed by atoms with E-state index in [2.05, 4.69) is 31.1 Å². The predicted molar refractivity (Wildman–Crippen MR) is 52.6 cm³/mol. The van der Waals surface area contributed by atoms with E-state index in [-0.39, 0.29) is 0 Å². The summed E-state index contributed by atoms with van der Waals surface area (Å²) in [6.07, 6.45) is 0. The SMILES string of the molecule is Cc1nc(C)c(-c2nnc(Br)o2)s1. The topological polar surface area (TPSA) is 51.8 Å². The van der Waals surface area contributed by atoms with Gasteiger partial charge >= 0.3 is 0 Å². The molecule has 4 nitrogen and oxygen atoms in total. The van der Waals surface area contributed by atoms with E-state index in [0.717, 1.165) is 15.6 Å². The molecule has 68 valence electrons. The lowest BCUT2D eigenvalue weighted by Gasteiger charge is -1.86. The second-order valence-electron chi connectivity index (χ2n) is 2.51. The molecule has 2 aromatic rings. The summed E-state index contributed by atoms with van der Waals surface area (Å²) >= 11 is 4.66. The third-order valence-corrected chi connectivity index (χ3v) is 2.88. The maximum Gasteiger partial charge on any atom is 0.285 e. The molecular weight excluding hydrogens is 254 g/mol. The molecule has 0 aromatic carbocycles. The average Bonchev–Trinajstić information content (AvgIpc) is 2.58. The fourth-order valence-corrected chi connectivity index (χ4v) is 2.10. The lowest BCUT2D eigenvalue weighted by molar-refractivity contribution is 0.541. The largest absolute Gasteiger partial charge is 0.410 e. The van der Waals surface area contributed by atoms with Crippen molar-refractivity contribution in [2.45, 2.75) is 13.8 Å². The van der Waals surface area contributed by atoms with E-state index in [4.69, 9.17) is 4.42 Å². The Hall–Kier alpha value is -0.750. The summed E-state index contributed by atoms with van der Waals surface area (Å²) in [4.78, 5) is 5.61. The van der Waals surface area contributed by atoms with Gasteiger partial charge in [-0.1, -0.05) is 0 Å². The van der Waals surface area contributed by atoms with Crippen molar-refractivity contribution in [1.29, 1.82) is 0 Å². The molecule has 0 aliphatic carbocycles. The minimum atomic E-state index is 0.396. The van der Waals surface area contributed by atoms with Crippen LogP contribution in [0.5, 0.6) is 0 Å². The van der Waals surface area contributed by atoms with E-state index in [9.17, 15) is 0 Å². The first-order valence-electron chi connectivity index (χ1n) is 3.60. The van der Waals surface area contributed by atoms with Gasteiger partial charge in [0.2, 0.25) is 0 Å². The number of aryl methyl sites for hydroxylation is 2. The van der Waals surface area contributed by atoms with E-state index >= 15 is 0 Å². The van der Waals surface area contributed by atoms with Crippen LogP contribution in [-0.4, -0.2) is 15.2 Å². The van der Waals surface area contributed by atoms with E-state index in [1.165, 1.54) is 0 Å². The molecular formula is C7H6BrN3OS. The van der Waals surface area contributed by atoms with Crippen LogP contribution in [0, 0.1) is 13.8 Å². The molecule has 0 N–H and O–H groups in total. The second-order valence-corrected chi connectivity index (χ2v) is 4.39. The van der Waals surface area contributed by atoms with Crippen molar-refractivity contribution in [3.05, 3.63) is 15.5 Å². The first-order valence-corrected chi connectivity index (χ1v) is 5.21.